The number of benzene rings is 1. The third-order valence-electron chi connectivity index (χ3n) is 5.37. The molecule has 2 N–H and O–H groups in total. The Hall–Kier alpha value is -3.06. The van der Waals surface area contributed by atoms with Gasteiger partial charge in [-0.05, 0) is 75.4 Å². The van der Waals surface area contributed by atoms with Crippen LogP contribution in [0.3, 0.4) is 0 Å². The minimum absolute atomic E-state index is 0.0102. The molecule has 2 amide bonds. The molecule has 0 radical (unpaired) electrons. The van der Waals surface area contributed by atoms with Crippen molar-refractivity contribution in [3.8, 4) is 11.6 Å². The summed E-state index contributed by atoms with van der Waals surface area (Å²) in [6.07, 6.45) is 3.06. The van der Waals surface area contributed by atoms with Gasteiger partial charge in [-0.2, -0.15) is 0 Å². The summed E-state index contributed by atoms with van der Waals surface area (Å²) in [5, 5.41) is 5.22. The number of nitrogens with one attached hydrogen (secondary N) is 2. The van der Waals surface area contributed by atoms with Crippen LogP contribution in [0.15, 0.2) is 6.07 Å². The lowest BCUT2D eigenvalue weighted by atomic mass is 10.1. The van der Waals surface area contributed by atoms with Gasteiger partial charge in [-0.25, -0.2) is 22.8 Å². The number of ether oxygens (including phenoxy) is 3. The Morgan fingerprint density at radius 1 is 1.17 bits per heavy atom. The van der Waals surface area contributed by atoms with E-state index in [0.717, 1.165) is 57.2 Å². The third kappa shape index (κ3) is 7.21. The van der Waals surface area contributed by atoms with Crippen LogP contribution >= 0.6 is 11.5 Å². The average molecular weight is 517 g/mol. The monoisotopic (exact) mass is 516 g/mol. The zero-order chi connectivity index (χ0) is 25.4. The van der Waals surface area contributed by atoms with Crippen LogP contribution in [0.1, 0.15) is 36.8 Å². The lowest BCUT2D eigenvalue weighted by Crippen LogP contribution is -2.30. The molecule has 2 aromatic rings. The van der Waals surface area contributed by atoms with E-state index in [1.54, 1.807) is 0 Å². The van der Waals surface area contributed by atoms with Gasteiger partial charge in [-0.3, -0.25) is 5.32 Å². The van der Waals surface area contributed by atoms with E-state index in [1.165, 1.54) is 19.8 Å². The molecule has 1 saturated heterocycles. The predicted octanol–water partition coefficient (Wildman–Crippen LogP) is 4.59. The molecule has 0 unspecified atom stereocenters. The van der Waals surface area contributed by atoms with Crippen molar-refractivity contribution in [1.82, 2.24) is 14.6 Å². The fraction of sp³-hybridized carbons (Fsp3) is 0.500. The minimum atomic E-state index is -1.39. The quantitative estimate of drug-likeness (QED) is 0.271. The van der Waals surface area contributed by atoms with Crippen LogP contribution in [0.4, 0.5) is 27.8 Å². The summed E-state index contributed by atoms with van der Waals surface area (Å²) >= 11 is 0.719. The standard InChI is InChI=1S/C22H27F3N4O5S/c1-13-11-15(23)14(17(25)16(13)24)12-33-19-18(34-22(31)32-2)20(35-28-19)27-21(30)26-7-3-4-8-29-9-5-6-10-29/h11H,3-10,12H2,1-2H3,(H2,26,27,30). The second-order valence-electron chi connectivity index (χ2n) is 7.91. The summed E-state index contributed by atoms with van der Waals surface area (Å²) in [5.74, 6) is -4.24. The number of halogens is 3. The third-order valence-corrected chi connectivity index (χ3v) is 6.10. The van der Waals surface area contributed by atoms with Gasteiger partial charge in [0.1, 0.15) is 12.4 Å². The molecular weight excluding hydrogens is 489 g/mol. The molecular formula is C22H27F3N4O5S. The molecule has 192 valence electrons. The zero-order valence-corrected chi connectivity index (χ0v) is 20.2. The highest BCUT2D eigenvalue weighted by Crippen LogP contribution is 2.39. The number of rotatable bonds is 10. The van der Waals surface area contributed by atoms with E-state index in [2.05, 4.69) is 24.6 Å². The Balaban J connectivity index is 1.60. The van der Waals surface area contributed by atoms with Gasteiger partial charge >= 0.3 is 12.2 Å². The van der Waals surface area contributed by atoms with Gasteiger partial charge in [0.2, 0.25) is 5.75 Å². The number of methoxy groups -OCH3 is 1. The summed E-state index contributed by atoms with van der Waals surface area (Å²) in [6, 6.07) is 0.278. The Morgan fingerprint density at radius 2 is 1.91 bits per heavy atom. The number of hydrogen-bond acceptors (Lipinski definition) is 8. The number of unbranched alkanes of at least 4 members (excludes halogenated alkanes) is 1. The lowest BCUT2D eigenvalue weighted by Gasteiger charge is -2.14. The maximum Gasteiger partial charge on any atom is 0.513 e. The Bertz CT molecular complexity index is 1050. The van der Waals surface area contributed by atoms with Crippen LogP contribution in [0, 0.1) is 24.4 Å². The number of carbonyl (C=O) groups excluding carboxylic acids is 2. The first-order valence-corrected chi connectivity index (χ1v) is 11.9. The highest BCUT2D eigenvalue weighted by atomic mass is 32.1. The lowest BCUT2D eigenvalue weighted by molar-refractivity contribution is 0.119. The smallest absolute Gasteiger partial charge is 0.469 e. The molecule has 13 heteroatoms. The number of hydrogen-bond donors (Lipinski definition) is 2. The number of likely N-dealkylation sites (tertiary alicyclic amines) is 1. The van der Waals surface area contributed by atoms with E-state index >= 15 is 0 Å². The molecule has 3 rings (SSSR count). The number of carbonyl (C=O) groups is 2. The van der Waals surface area contributed by atoms with E-state index in [-0.39, 0.29) is 22.2 Å². The van der Waals surface area contributed by atoms with Crippen LogP contribution in [0.25, 0.3) is 0 Å². The SMILES string of the molecule is COC(=O)Oc1c(OCc2c(F)cc(C)c(F)c2F)nsc1NC(=O)NCCCCN1CCCC1. The largest absolute Gasteiger partial charge is 0.513 e. The maximum absolute atomic E-state index is 14.1. The predicted molar refractivity (Wildman–Crippen MR) is 122 cm³/mol. The Kier molecular flexibility index (Phi) is 9.55. The first-order chi connectivity index (χ1) is 16.8. The van der Waals surface area contributed by atoms with Gasteiger partial charge in [-0.1, -0.05) is 0 Å². The molecule has 1 aromatic heterocycles. The van der Waals surface area contributed by atoms with Crippen LogP contribution in [-0.2, 0) is 11.3 Å². The van der Waals surface area contributed by atoms with Crippen LogP contribution in [0.5, 0.6) is 11.6 Å². The molecule has 1 aromatic carbocycles. The molecule has 1 fully saturated rings. The molecule has 0 atom stereocenters. The van der Waals surface area contributed by atoms with Crippen LogP contribution < -0.4 is 20.1 Å². The second kappa shape index (κ2) is 12.6. The fourth-order valence-electron chi connectivity index (χ4n) is 3.49. The van der Waals surface area contributed by atoms with Crippen molar-refractivity contribution >= 4 is 28.7 Å². The molecule has 2 heterocycles. The number of amides is 2. The van der Waals surface area contributed by atoms with Crippen molar-refractivity contribution in [3.63, 3.8) is 0 Å². The summed E-state index contributed by atoms with van der Waals surface area (Å²) in [5.41, 5.74) is -0.855. The fourth-order valence-corrected chi connectivity index (χ4v) is 4.15. The van der Waals surface area contributed by atoms with E-state index in [1.807, 2.05) is 0 Å². The number of aryl methyl sites for hydroxylation is 1. The van der Waals surface area contributed by atoms with Gasteiger partial charge in [0.25, 0.3) is 5.88 Å². The van der Waals surface area contributed by atoms with Crippen molar-refractivity contribution in [1.29, 1.82) is 0 Å². The molecule has 1 aliphatic rings. The van der Waals surface area contributed by atoms with E-state index in [0.29, 0.717) is 6.54 Å². The van der Waals surface area contributed by atoms with Gasteiger partial charge in [0.15, 0.2) is 16.6 Å². The van der Waals surface area contributed by atoms with Crippen molar-refractivity contribution in [2.75, 3.05) is 38.6 Å². The number of urea groups is 1. The number of aromatic nitrogens is 1. The van der Waals surface area contributed by atoms with Crippen LogP contribution in [0.2, 0.25) is 0 Å². The number of nitrogens with zero attached hydrogens (tertiary/aromatic N) is 2. The van der Waals surface area contributed by atoms with Crippen molar-refractivity contribution in [2.45, 2.75) is 39.2 Å². The molecule has 9 nitrogen and oxygen atoms in total. The second-order valence-corrected chi connectivity index (χ2v) is 8.68. The van der Waals surface area contributed by atoms with Crippen LogP contribution in [-0.4, -0.2) is 54.7 Å². The van der Waals surface area contributed by atoms with E-state index in [4.69, 9.17) is 9.47 Å². The Morgan fingerprint density at radius 3 is 2.63 bits per heavy atom. The van der Waals surface area contributed by atoms with E-state index in [9.17, 15) is 22.8 Å². The first-order valence-electron chi connectivity index (χ1n) is 11.1. The van der Waals surface area contributed by atoms with Gasteiger partial charge in [0, 0.05) is 6.54 Å². The molecule has 0 saturated carbocycles. The molecule has 35 heavy (non-hydrogen) atoms. The van der Waals surface area contributed by atoms with Gasteiger partial charge in [-0.15, -0.1) is 4.37 Å². The van der Waals surface area contributed by atoms with Gasteiger partial charge < -0.3 is 24.4 Å². The molecule has 0 bridgehead atoms. The maximum atomic E-state index is 14.1. The summed E-state index contributed by atoms with van der Waals surface area (Å²) in [6.45, 7) is 4.15. The van der Waals surface area contributed by atoms with Crippen molar-refractivity contribution in [2.24, 2.45) is 0 Å². The molecule has 0 spiro atoms. The highest BCUT2D eigenvalue weighted by Gasteiger charge is 2.24. The molecule has 1 aliphatic heterocycles. The summed E-state index contributed by atoms with van der Waals surface area (Å²) < 4.78 is 60.8. The zero-order valence-electron chi connectivity index (χ0n) is 19.4. The van der Waals surface area contributed by atoms with Crippen molar-refractivity contribution in [3.05, 3.63) is 34.6 Å². The average Bonchev–Trinajstić information content (AvgIpc) is 3.48. The van der Waals surface area contributed by atoms with Crippen molar-refractivity contribution < 1.29 is 37.0 Å². The van der Waals surface area contributed by atoms with Gasteiger partial charge in [0.05, 0.1) is 12.7 Å². The topological polar surface area (TPSA) is 102 Å². The number of anilines is 1. The normalized spacial score (nSPS) is 13.5. The minimum Gasteiger partial charge on any atom is -0.469 e. The Labute approximate surface area is 204 Å². The summed E-state index contributed by atoms with van der Waals surface area (Å²) in [4.78, 5) is 26.3. The van der Waals surface area contributed by atoms with E-state index < -0.39 is 41.8 Å². The first kappa shape index (κ1) is 26.5. The highest BCUT2D eigenvalue weighted by molar-refractivity contribution is 7.11. The summed E-state index contributed by atoms with van der Waals surface area (Å²) in [7, 11) is 1.07. The molecule has 0 aliphatic carbocycles.